The van der Waals surface area contributed by atoms with E-state index >= 15 is 0 Å². The summed E-state index contributed by atoms with van der Waals surface area (Å²) in [5.41, 5.74) is 6.04. The summed E-state index contributed by atoms with van der Waals surface area (Å²) < 4.78 is 13.8. The molecule has 0 unspecified atom stereocenters. The number of allylic oxidation sites excluding steroid dienone is 4. The lowest BCUT2D eigenvalue weighted by atomic mass is 9.57. The molecule has 0 heterocycles. The maximum absolute atomic E-state index is 13.8. The van der Waals surface area contributed by atoms with Gasteiger partial charge in [-0.15, -0.1) is 0 Å². The first kappa shape index (κ1) is 15.8. The Morgan fingerprint density at radius 2 is 1.96 bits per heavy atom. The van der Waals surface area contributed by atoms with Gasteiger partial charge in [-0.05, 0) is 48.4 Å². The molecule has 0 fully saturated rings. The zero-order valence-electron chi connectivity index (χ0n) is 13.0. The third-order valence-electron chi connectivity index (χ3n) is 5.01. The molecule has 0 aromatic heterocycles. The van der Waals surface area contributed by atoms with Crippen molar-refractivity contribution in [2.24, 2.45) is 17.1 Å². The van der Waals surface area contributed by atoms with Crippen LogP contribution in [0.1, 0.15) is 30.7 Å². The maximum atomic E-state index is 13.8. The molecule has 1 aromatic carbocycles. The Kier molecular flexibility index (Phi) is 3.84. The molecule has 24 heavy (non-hydrogen) atoms. The van der Waals surface area contributed by atoms with E-state index in [1.807, 2.05) is 18.2 Å². The maximum Gasteiger partial charge on any atom is 0.191 e. The first-order chi connectivity index (χ1) is 11.6. The molecule has 0 spiro atoms. The van der Waals surface area contributed by atoms with Crippen LogP contribution in [0.15, 0.2) is 47.2 Å². The van der Waals surface area contributed by atoms with Crippen LogP contribution in [0.4, 0.5) is 4.39 Å². The predicted molar refractivity (Wildman–Crippen MR) is 85.1 cm³/mol. The number of rotatable bonds is 1. The van der Waals surface area contributed by atoms with Gasteiger partial charge in [-0.1, -0.05) is 18.2 Å². The molecule has 2 aliphatic rings. The highest BCUT2D eigenvalue weighted by molar-refractivity contribution is 5.59. The van der Waals surface area contributed by atoms with E-state index < -0.39 is 17.2 Å². The third kappa shape index (κ3) is 2.08. The Morgan fingerprint density at radius 3 is 2.58 bits per heavy atom. The quantitative estimate of drug-likeness (QED) is 0.857. The van der Waals surface area contributed by atoms with Crippen LogP contribution in [-0.2, 0) is 0 Å². The molecule has 2 N–H and O–H groups in total. The minimum absolute atomic E-state index is 0.0198. The van der Waals surface area contributed by atoms with E-state index in [1.165, 1.54) is 12.1 Å². The molecule has 0 saturated heterocycles. The number of hydrogen-bond acceptors (Lipinski definition) is 4. The van der Waals surface area contributed by atoms with Gasteiger partial charge in [0.2, 0.25) is 0 Å². The van der Waals surface area contributed by atoms with Gasteiger partial charge in [-0.3, -0.25) is 0 Å². The Labute approximate surface area is 139 Å². The van der Waals surface area contributed by atoms with E-state index in [4.69, 9.17) is 5.73 Å². The van der Waals surface area contributed by atoms with Crippen molar-refractivity contribution in [3.8, 4) is 18.2 Å². The van der Waals surface area contributed by atoms with Crippen molar-refractivity contribution in [2.75, 3.05) is 0 Å². The topological polar surface area (TPSA) is 97.4 Å². The summed E-state index contributed by atoms with van der Waals surface area (Å²) in [6.45, 7) is 0. The van der Waals surface area contributed by atoms with Crippen LogP contribution in [0.3, 0.4) is 0 Å². The number of nitrogens with two attached hydrogens (primary N) is 1. The lowest BCUT2D eigenvalue weighted by Crippen LogP contribution is -2.42. The van der Waals surface area contributed by atoms with Crippen molar-refractivity contribution < 1.29 is 4.39 Å². The van der Waals surface area contributed by atoms with Gasteiger partial charge in [0.05, 0.1) is 23.4 Å². The number of halogens is 1. The monoisotopic (exact) mass is 318 g/mol. The first-order valence-corrected chi connectivity index (χ1v) is 7.77. The molecule has 0 saturated carbocycles. The molecule has 118 valence electrons. The molecule has 0 bridgehead atoms. The van der Waals surface area contributed by atoms with Crippen LogP contribution in [0.2, 0.25) is 0 Å². The van der Waals surface area contributed by atoms with Gasteiger partial charge < -0.3 is 5.73 Å². The van der Waals surface area contributed by atoms with Crippen molar-refractivity contribution in [3.05, 3.63) is 58.6 Å². The average Bonchev–Trinajstić information content (AvgIpc) is 2.61. The highest BCUT2D eigenvalue weighted by Gasteiger charge is 2.53. The van der Waals surface area contributed by atoms with E-state index in [1.54, 1.807) is 12.1 Å². The minimum atomic E-state index is -1.67. The molecule has 2 atom stereocenters. The zero-order chi connectivity index (χ0) is 17.3. The standard InChI is InChI=1S/C19H15FN4/c20-13-5-3-4-12(8-13)17-15-7-2-1-6-14(15)16(9-21)18(24)19(17,10-22)11-23/h3-6,8,15,17H,1-2,7,24H2/t15-,17-/m0/s1. The number of nitriles is 3. The lowest BCUT2D eigenvalue weighted by Gasteiger charge is -2.43. The molecule has 0 aliphatic heterocycles. The summed E-state index contributed by atoms with van der Waals surface area (Å²) in [7, 11) is 0. The molecule has 1 aromatic rings. The van der Waals surface area contributed by atoms with Crippen LogP contribution in [-0.4, -0.2) is 0 Å². The van der Waals surface area contributed by atoms with Gasteiger partial charge in [0.25, 0.3) is 0 Å². The SMILES string of the molecule is N#CC1=C(N)C(C#N)(C#N)[C@@H](c2cccc(F)c2)[C@H]2CCCC=C12. The van der Waals surface area contributed by atoms with Crippen LogP contribution < -0.4 is 5.73 Å². The Hall–Kier alpha value is -3.10. The van der Waals surface area contributed by atoms with E-state index in [2.05, 4.69) is 6.07 Å². The fourth-order valence-corrected chi connectivity index (χ4v) is 3.95. The number of hydrogen-bond donors (Lipinski definition) is 1. The number of fused-ring (bicyclic) bond motifs is 1. The Balaban J connectivity index is 2.34. The van der Waals surface area contributed by atoms with Crippen molar-refractivity contribution >= 4 is 0 Å². The van der Waals surface area contributed by atoms with Gasteiger partial charge in [0, 0.05) is 5.92 Å². The Morgan fingerprint density at radius 1 is 1.21 bits per heavy atom. The molecule has 0 amide bonds. The van der Waals surface area contributed by atoms with Crippen molar-refractivity contribution in [2.45, 2.75) is 25.2 Å². The van der Waals surface area contributed by atoms with E-state index in [9.17, 15) is 20.2 Å². The van der Waals surface area contributed by atoms with Gasteiger partial charge in [-0.2, -0.15) is 15.8 Å². The van der Waals surface area contributed by atoms with Crippen molar-refractivity contribution in [3.63, 3.8) is 0 Å². The highest BCUT2D eigenvalue weighted by atomic mass is 19.1. The summed E-state index contributed by atoms with van der Waals surface area (Å²) in [6.07, 6.45) is 4.42. The summed E-state index contributed by atoms with van der Waals surface area (Å²) in [6, 6.07) is 12.1. The molecule has 3 rings (SSSR count). The smallest absolute Gasteiger partial charge is 0.191 e. The van der Waals surface area contributed by atoms with Crippen LogP contribution in [0.25, 0.3) is 0 Å². The molecule has 4 nitrogen and oxygen atoms in total. The van der Waals surface area contributed by atoms with Gasteiger partial charge in [0.1, 0.15) is 11.9 Å². The zero-order valence-corrected chi connectivity index (χ0v) is 13.0. The van der Waals surface area contributed by atoms with E-state index in [0.29, 0.717) is 5.56 Å². The summed E-state index contributed by atoms with van der Waals surface area (Å²) >= 11 is 0. The fourth-order valence-electron chi connectivity index (χ4n) is 3.95. The van der Waals surface area contributed by atoms with Gasteiger partial charge >= 0.3 is 0 Å². The largest absolute Gasteiger partial charge is 0.399 e. The van der Waals surface area contributed by atoms with Crippen molar-refractivity contribution in [1.82, 2.24) is 0 Å². The molecule has 5 heteroatoms. The van der Waals surface area contributed by atoms with Crippen LogP contribution in [0, 0.1) is 51.1 Å². The first-order valence-electron chi connectivity index (χ1n) is 7.77. The van der Waals surface area contributed by atoms with Gasteiger partial charge in [0.15, 0.2) is 5.41 Å². The number of benzene rings is 1. The van der Waals surface area contributed by atoms with Crippen LogP contribution >= 0.6 is 0 Å². The van der Waals surface area contributed by atoms with Gasteiger partial charge in [-0.25, -0.2) is 4.39 Å². The van der Waals surface area contributed by atoms with E-state index in [0.717, 1.165) is 24.8 Å². The molecular weight excluding hydrogens is 303 g/mol. The van der Waals surface area contributed by atoms with E-state index in [-0.39, 0.29) is 17.2 Å². The minimum Gasteiger partial charge on any atom is -0.399 e. The summed E-state index contributed by atoms with van der Waals surface area (Å²) in [5.74, 6) is -1.21. The highest BCUT2D eigenvalue weighted by Crippen LogP contribution is 2.55. The second-order valence-corrected chi connectivity index (χ2v) is 6.16. The van der Waals surface area contributed by atoms with Crippen LogP contribution in [0.5, 0.6) is 0 Å². The third-order valence-corrected chi connectivity index (χ3v) is 5.01. The predicted octanol–water partition coefficient (Wildman–Crippen LogP) is 3.42. The van der Waals surface area contributed by atoms with Crippen molar-refractivity contribution in [1.29, 1.82) is 15.8 Å². The second kappa shape index (κ2) is 5.84. The second-order valence-electron chi connectivity index (χ2n) is 6.16. The lowest BCUT2D eigenvalue weighted by molar-refractivity contribution is 0.317. The average molecular weight is 318 g/mol. The molecular formula is C19H15FN4. The molecule has 0 radical (unpaired) electrons. The number of nitrogens with zero attached hydrogens (tertiary/aromatic N) is 3. The normalized spacial score (nSPS) is 24.8. The fraction of sp³-hybridized carbons (Fsp3) is 0.316. The summed E-state index contributed by atoms with van der Waals surface area (Å²) in [4.78, 5) is 0. The molecule has 2 aliphatic carbocycles. The Bertz CT molecular complexity index is 862. The summed E-state index contributed by atoms with van der Waals surface area (Å²) in [5, 5.41) is 29.1.